The molecule has 1 N–H and O–H groups in total. The van der Waals surface area contributed by atoms with Gasteiger partial charge in [0.25, 0.3) is 0 Å². The molecule has 3 rings (SSSR count). The van der Waals surface area contributed by atoms with Crippen LogP contribution in [0.2, 0.25) is 19.6 Å². The summed E-state index contributed by atoms with van der Waals surface area (Å²) in [5.41, 5.74) is 11.6. The van der Waals surface area contributed by atoms with E-state index in [0.29, 0.717) is 13.1 Å². The van der Waals surface area contributed by atoms with Gasteiger partial charge in [0.2, 0.25) is 0 Å². The minimum Gasteiger partial charge on any atom is -0.456 e. The molecule has 0 aliphatic carbocycles. The second-order valence-electron chi connectivity index (χ2n) is 12.5. The zero-order chi connectivity index (χ0) is 30.3. The van der Waals surface area contributed by atoms with Gasteiger partial charge in [-0.25, -0.2) is 0 Å². The molecule has 0 heterocycles. The molecule has 0 bridgehead atoms. The van der Waals surface area contributed by atoms with E-state index in [1.165, 1.54) is 33.4 Å². The molecule has 3 aromatic carbocycles. The molecular formula is C36H47NO3Si. The number of hydrogen-bond acceptors (Lipinski definition) is 4. The van der Waals surface area contributed by atoms with Gasteiger partial charge >= 0.3 is 5.97 Å². The number of carbonyl (C=O) groups is 1. The van der Waals surface area contributed by atoms with Crippen molar-refractivity contribution in [2.75, 3.05) is 0 Å². The highest BCUT2D eigenvalue weighted by Crippen LogP contribution is 2.31. The standard InChI is InChI=1S/C36H47NO3Si/c1-25-21-27(3)33(28(4)22-25)24-37(23-32-18-14-13-15-26(32)2)30(6)35(31-16-11-10-12-17-31)40-36(39)29(5)34(38)19-20-41(7,8)9/h10-18,21-22,29-30,34-35,38H,23-24H2,1-9H3/t29?,30-,34?,35-/m0/s1. The van der Waals surface area contributed by atoms with Crippen LogP contribution in [-0.4, -0.2) is 36.2 Å². The third-order valence-corrected chi connectivity index (χ3v) is 8.56. The van der Waals surface area contributed by atoms with E-state index < -0.39 is 32.2 Å². The minimum atomic E-state index is -1.69. The maximum Gasteiger partial charge on any atom is 0.312 e. The summed E-state index contributed by atoms with van der Waals surface area (Å²) in [6, 6.07) is 22.7. The highest BCUT2D eigenvalue weighted by Gasteiger charge is 2.32. The van der Waals surface area contributed by atoms with Crippen LogP contribution in [0.4, 0.5) is 0 Å². The lowest BCUT2D eigenvalue weighted by molar-refractivity contribution is -0.160. The lowest BCUT2D eigenvalue weighted by atomic mass is 9.96. The van der Waals surface area contributed by atoms with Crippen molar-refractivity contribution in [1.29, 1.82) is 0 Å². The van der Waals surface area contributed by atoms with Crippen molar-refractivity contribution in [1.82, 2.24) is 4.90 Å². The molecule has 218 valence electrons. The second-order valence-corrected chi connectivity index (χ2v) is 17.2. The molecule has 0 saturated heterocycles. The number of ether oxygens (including phenoxy) is 1. The Bertz CT molecular complexity index is 1360. The molecule has 0 saturated carbocycles. The van der Waals surface area contributed by atoms with E-state index in [9.17, 15) is 9.90 Å². The summed E-state index contributed by atoms with van der Waals surface area (Å²) in [6.07, 6.45) is -1.60. The zero-order valence-electron chi connectivity index (χ0n) is 26.3. The maximum atomic E-state index is 13.5. The first kappa shape index (κ1) is 32.3. The third-order valence-electron chi connectivity index (χ3n) is 7.66. The number of rotatable bonds is 10. The molecular weight excluding hydrogens is 522 g/mol. The Morgan fingerprint density at radius 2 is 1.46 bits per heavy atom. The number of carbonyl (C=O) groups excluding carboxylic acids is 1. The van der Waals surface area contributed by atoms with Crippen molar-refractivity contribution in [3.8, 4) is 11.5 Å². The van der Waals surface area contributed by atoms with Crippen molar-refractivity contribution in [3.63, 3.8) is 0 Å². The third kappa shape index (κ3) is 9.16. The van der Waals surface area contributed by atoms with Gasteiger partial charge in [-0.3, -0.25) is 9.69 Å². The smallest absolute Gasteiger partial charge is 0.312 e. The molecule has 41 heavy (non-hydrogen) atoms. The number of esters is 1. The fourth-order valence-electron chi connectivity index (χ4n) is 5.07. The molecule has 0 radical (unpaired) electrons. The summed E-state index contributed by atoms with van der Waals surface area (Å²) in [4.78, 5) is 15.9. The normalized spacial score (nSPS) is 14.5. The Labute approximate surface area is 248 Å². The molecule has 3 aromatic rings. The summed E-state index contributed by atoms with van der Waals surface area (Å²) in [5, 5.41) is 10.7. The highest BCUT2D eigenvalue weighted by molar-refractivity contribution is 6.83. The molecule has 4 atom stereocenters. The van der Waals surface area contributed by atoms with Crippen LogP contribution in [0, 0.1) is 45.1 Å². The van der Waals surface area contributed by atoms with E-state index in [-0.39, 0.29) is 6.04 Å². The van der Waals surface area contributed by atoms with Crippen LogP contribution in [0.15, 0.2) is 66.7 Å². The zero-order valence-corrected chi connectivity index (χ0v) is 27.3. The summed E-state index contributed by atoms with van der Waals surface area (Å²) in [6.45, 7) is 20.2. The van der Waals surface area contributed by atoms with E-state index in [0.717, 1.165) is 5.56 Å². The number of nitrogens with zero attached hydrogens (tertiary/aromatic N) is 1. The first-order valence-electron chi connectivity index (χ1n) is 14.6. The predicted molar refractivity (Wildman–Crippen MR) is 172 cm³/mol. The lowest BCUT2D eigenvalue weighted by Crippen LogP contribution is -2.40. The Kier molecular flexibility index (Phi) is 11.2. The fraction of sp³-hybridized carbons (Fsp3) is 0.417. The minimum absolute atomic E-state index is 0.154. The Balaban J connectivity index is 2.00. The molecule has 5 heteroatoms. The molecule has 0 aromatic heterocycles. The van der Waals surface area contributed by atoms with E-state index >= 15 is 0 Å². The lowest BCUT2D eigenvalue weighted by Gasteiger charge is -2.36. The summed E-state index contributed by atoms with van der Waals surface area (Å²) in [7, 11) is -1.69. The largest absolute Gasteiger partial charge is 0.456 e. The Morgan fingerprint density at radius 1 is 0.878 bits per heavy atom. The van der Waals surface area contributed by atoms with Gasteiger partial charge in [-0.2, -0.15) is 0 Å². The molecule has 4 nitrogen and oxygen atoms in total. The van der Waals surface area contributed by atoms with Crippen LogP contribution >= 0.6 is 0 Å². The van der Waals surface area contributed by atoms with Gasteiger partial charge in [0, 0.05) is 19.1 Å². The predicted octanol–water partition coefficient (Wildman–Crippen LogP) is 7.47. The number of aliphatic hydroxyl groups is 1. The van der Waals surface area contributed by atoms with Gasteiger partial charge in [-0.15, -0.1) is 5.54 Å². The van der Waals surface area contributed by atoms with E-state index in [2.05, 4.69) is 107 Å². The molecule has 0 aliphatic heterocycles. The van der Waals surface area contributed by atoms with Gasteiger partial charge in [0.15, 0.2) is 0 Å². The first-order valence-corrected chi connectivity index (χ1v) is 18.1. The fourth-order valence-corrected chi connectivity index (χ4v) is 5.65. The second kappa shape index (κ2) is 14.1. The highest BCUT2D eigenvalue weighted by atomic mass is 28.3. The van der Waals surface area contributed by atoms with Crippen molar-refractivity contribution < 1.29 is 14.6 Å². The van der Waals surface area contributed by atoms with Crippen LogP contribution in [0.5, 0.6) is 0 Å². The monoisotopic (exact) mass is 569 g/mol. The van der Waals surface area contributed by atoms with Gasteiger partial charge in [0.1, 0.15) is 20.3 Å². The number of aryl methyl sites for hydroxylation is 4. The summed E-state index contributed by atoms with van der Waals surface area (Å²) in [5.74, 6) is 1.71. The van der Waals surface area contributed by atoms with Gasteiger partial charge in [-0.1, -0.05) is 97.9 Å². The topological polar surface area (TPSA) is 49.8 Å². The molecule has 2 unspecified atom stereocenters. The van der Waals surface area contributed by atoms with Gasteiger partial charge in [0.05, 0.1) is 5.92 Å². The van der Waals surface area contributed by atoms with Crippen molar-refractivity contribution in [2.45, 2.75) is 92.5 Å². The quantitative estimate of drug-likeness (QED) is 0.156. The van der Waals surface area contributed by atoms with Crippen LogP contribution in [0.3, 0.4) is 0 Å². The molecule has 0 spiro atoms. The molecule has 0 fully saturated rings. The molecule has 0 amide bonds. The van der Waals surface area contributed by atoms with Crippen molar-refractivity contribution in [2.24, 2.45) is 5.92 Å². The molecule has 0 aliphatic rings. The van der Waals surface area contributed by atoms with E-state index in [1.54, 1.807) is 6.92 Å². The number of benzene rings is 3. The van der Waals surface area contributed by atoms with Crippen LogP contribution < -0.4 is 0 Å². The van der Waals surface area contributed by atoms with E-state index in [4.69, 9.17) is 4.74 Å². The average molecular weight is 570 g/mol. The van der Waals surface area contributed by atoms with Crippen molar-refractivity contribution in [3.05, 3.63) is 106 Å². The van der Waals surface area contributed by atoms with Crippen LogP contribution in [-0.2, 0) is 22.6 Å². The SMILES string of the molecule is Cc1cc(C)c(CN(Cc2ccccc2C)[C@@H](C)[C@H](OC(=O)C(C)C(O)C#C[Si](C)(C)C)c2ccccc2)c(C)c1. The number of aliphatic hydroxyl groups excluding tert-OH is 1. The number of hydrogen-bond donors (Lipinski definition) is 1. The Morgan fingerprint density at radius 3 is 2.05 bits per heavy atom. The summed E-state index contributed by atoms with van der Waals surface area (Å²) < 4.78 is 6.28. The Hall–Kier alpha value is -3.17. The van der Waals surface area contributed by atoms with Crippen LogP contribution in [0.1, 0.15) is 58.9 Å². The van der Waals surface area contributed by atoms with Gasteiger partial charge in [-0.05, 0) is 74.9 Å². The van der Waals surface area contributed by atoms with E-state index in [1.807, 2.05) is 30.3 Å². The first-order chi connectivity index (χ1) is 19.3. The average Bonchev–Trinajstić information content (AvgIpc) is 2.91. The summed E-state index contributed by atoms with van der Waals surface area (Å²) >= 11 is 0. The van der Waals surface area contributed by atoms with Crippen LogP contribution in [0.25, 0.3) is 0 Å². The maximum absolute atomic E-state index is 13.5. The van der Waals surface area contributed by atoms with Crippen molar-refractivity contribution >= 4 is 14.0 Å². The van der Waals surface area contributed by atoms with Gasteiger partial charge < -0.3 is 9.84 Å².